The van der Waals surface area contributed by atoms with Crippen LogP contribution in [-0.2, 0) is 4.74 Å². The Kier molecular flexibility index (Phi) is 2.87. The zero-order valence-corrected chi connectivity index (χ0v) is 8.18. The van der Waals surface area contributed by atoms with Gasteiger partial charge in [-0.3, -0.25) is 0 Å². The fourth-order valence-corrected chi connectivity index (χ4v) is 1.50. The first-order valence-electron chi connectivity index (χ1n) is 4.87. The second-order valence-corrected chi connectivity index (χ2v) is 3.39. The first kappa shape index (κ1) is 9.98. The molecule has 0 bridgehead atoms. The highest BCUT2D eigenvalue weighted by Crippen LogP contribution is 2.20. The summed E-state index contributed by atoms with van der Waals surface area (Å²) >= 11 is 0. The Balaban J connectivity index is 2.07. The van der Waals surface area contributed by atoms with Crippen LogP contribution in [0.4, 0.5) is 0 Å². The lowest BCUT2D eigenvalue weighted by Crippen LogP contribution is -2.14. The molecule has 1 atom stereocenters. The van der Waals surface area contributed by atoms with Crippen molar-refractivity contribution in [3.63, 3.8) is 0 Å². The normalized spacial score (nSPS) is 20.1. The van der Waals surface area contributed by atoms with Crippen LogP contribution in [0.25, 0.3) is 0 Å². The number of hydrogen-bond donors (Lipinski definition) is 1. The molecule has 1 aliphatic rings. The Labute approximate surface area is 87.4 Å². The number of carbonyl (C=O) groups is 1. The maximum atomic E-state index is 10.7. The minimum atomic E-state index is -0.951. The molecule has 0 aromatic heterocycles. The van der Waals surface area contributed by atoms with E-state index >= 15 is 0 Å². The van der Waals surface area contributed by atoms with E-state index in [9.17, 15) is 4.79 Å². The highest BCUT2D eigenvalue weighted by atomic mass is 16.7. The van der Waals surface area contributed by atoms with Gasteiger partial charge in [-0.1, -0.05) is 6.07 Å². The van der Waals surface area contributed by atoms with Gasteiger partial charge in [0.1, 0.15) is 5.75 Å². The number of benzene rings is 1. The van der Waals surface area contributed by atoms with E-state index in [0.29, 0.717) is 12.4 Å². The molecule has 15 heavy (non-hydrogen) atoms. The van der Waals surface area contributed by atoms with Crippen LogP contribution in [-0.4, -0.2) is 24.0 Å². The van der Waals surface area contributed by atoms with E-state index in [2.05, 4.69) is 0 Å². The van der Waals surface area contributed by atoms with Crippen LogP contribution in [0.1, 0.15) is 23.2 Å². The molecule has 1 aromatic carbocycles. The predicted octanol–water partition coefficient (Wildman–Crippen LogP) is 1.90. The number of ether oxygens (including phenoxy) is 2. The van der Waals surface area contributed by atoms with E-state index in [0.717, 1.165) is 12.8 Å². The lowest BCUT2D eigenvalue weighted by Gasteiger charge is -2.12. The van der Waals surface area contributed by atoms with Gasteiger partial charge in [0.05, 0.1) is 12.2 Å². The third-order valence-electron chi connectivity index (χ3n) is 2.24. The summed E-state index contributed by atoms with van der Waals surface area (Å²) in [5.41, 5.74) is 0.227. The van der Waals surface area contributed by atoms with Gasteiger partial charge in [-0.15, -0.1) is 0 Å². The fraction of sp³-hybridized carbons (Fsp3) is 0.364. The monoisotopic (exact) mass is 208 g/mol. The molecule has 1 unspecified atom stereocenters. The maximum absolute atomic E-state index is 10.7. The van der Waals surface area contributed by atoms with E-state index < -0.39 is 5.97 Å². The van der Waals surface area contributed by atoms with Crippen molar-refractivity contribution in [1.29, 1.82) is 0 Å². The van der Waals surface area contributed by atoms with Crippen molar-refractivity contribution in [2.75, 3.05) is 6.61 Å². The van der Waals surface area contributed by atoms with Gasteiger partial charge in [-0.2, -0.15) is 0 Å². The molecule has 1 saturated heterocycles. The van der Waals surface area contributed by atoms with Gasteiger partial charge in [0.2, 0.25) is 0 Å². The van der Waals surface area contributed by atoms with Crippen LogP contribution in [0.15, 0.2) is 24.3 Å². The Hall–Kier alpha value is -1.55. The number of rotatable bonds is 3. The van der Waals surface area contributed by atoms with E-state index in [4.69, 9.17) is 14.6 Å². The minimum Gasteiger partial charge on any atom is -0.478 e. The van der Waals surface area contributed by atoms with Crippen LogP contribution in [0.2, 0.25) is 0 Å². The van der Waals surface area contributed by atoms with Crippen LogP contribution in [0.5, 0.6) is 5.75 Å². The second-order valence-electron chi connectivity index (χ2n) is 3.39. The van der Waals surface area contributed by atoms with Crippen LogP contribution < -0.4 is 4.74 Å². The summed E-state index contributed by atoms with van der Waals surface area (Å²) in [5.74, 6) is -0.408. The topological polar surface area (TPSA) is 55.8 Å². The molecule has 80 valence electrons. The summed E-state index contributed by atoms with van der Waals surface area (Å²) in [6.45, 7) is 0.712. The summed E-state index contributed by atoms with van der Waals surface area (Å²) in [6.07, 6.45) is 1.62. The Morgan fingerprint density at radius 2 is 2.40 bits per heavy atom. The second kappa shape index (κ2) is 4.31. The molecular weight excluding hydrogens is 196 g/mol. The molecular formula is C11H12O4. The average molecular weight is 208 g/mol. The smallest absolute Gasteiger partial charge is 0.335 e. The van der Waals surface area contributed by atoms with E-state index in [1.165, 1.54) is 12.1 Å². The number of carboxylic acids is 1. The molecule has 1 N–H and O–H groups in total. The summed E-state index contributed by atoms with van der Waals surface area (Å²) < 4.78 is 10.8. The van der Waals surface area contributed by atoms with Crippen LogP contribution >= 0.6 is 0 Å². The quantitative estimate of drug-likeness (QED) is 0.824. The molecule has 1 fully saturated rings. The molecule has 4 nitrogen and oxygen atoms in total. The summed E-state index contributed by atoms with van der Waals surface area (Å²) in [6, 6.07) is 6.43. The van der Waals surface area contributed by atoms with Gasteiger partial charge in [-0.05, 0) is 24.6 Å². The van der Waals surface area contributed by atoms with Crippen molar-refractivity contribution >= 4 is 5.97 Å². The minimum absolute atomic E-state index is 0.227. The maximum Gasteiger partial charge on any atom is 0.335 e. The Morgan fingerprint density at radius 3 is 3.07 bits per heavy atom. The van der Waals surface area contributed by atoms with Gasteiger partial charge in [0.15, 0.2) is 6.29 Å². The lowest BCUT2D eigenvalue weighted by molar-refractivity contribution is -0.0391. The molecule has 0 aliphatic carbocycles. The molecule has 0 radical (unpaired) electrons. The van der Waals surface area contributed by atoms with Crippen molar-refractivity contribution in [3.8, 4) is 5.75 Å². The Morgan fingerprint density at radius 1 is 1.53 bits per heavy atom. The van der Waals surface area contributed by atoms with Crippen molar-refractivity contribution in [2.24, 2.45) is 0 Å². The molecule has 4 heteroatoms. The highest BCUT2D eigenvalue weighted by molar-refractivity contribution is 5.87. The van der Waals surface area contributed by atoms with E-state index in [1.807, 2.05) is 0 Å². The SMILES string of the molecule is O=C(O)c1cccc(OC2CCCO2)c1. The number of carboxylic acid groups (broad SMARTS) is 1. The van der Waals surface area contributed by atoms with Crippen molar-refractivity contribution in [2.45, 2.75) is 19.1 Å². The summed E-state index contributed by atoms with van der Waals surface area (Å²) in [5, 5.41) is 8.78. The van der Waals surface area contributed by atoms with Gasteiger partial charge < -0.3 is 14.6 Å². The lowest BCUT2D eigenvalue weighted by atomic mass is 10.2. The molecule has 2 rings (SSSR count). The van der Waals surface area contributed by atoms with E-state index in [1.54, 1.807) is 12.1 Å². The van der Waals surface area contributed by atoms with Gasteiger partial charge in [-0.25, -0.2) is 4.79 Å². The zero-order valence-electron chi connectivity index (χ0n) is 8.18. The average Bonchev–Trinajstić information content (AvgIpc) is 2.71. The summed E-state index contributed by atoms with van der Waals surface area (Å²) in [7, 11) is 0. The first-order valence-corrected chi connectivity index (χ1v) is 4.87. The predicted molar refractivity (Wildman–Crippen MR) is 53.0 cm³/mol. The van der Waals surface area contributed by atoms with Crippen molar-refractivity contribution in [1.82, 2.24) is 0 Å². The molecule has 1 heterocycles. The van der Waals surface area contributed by atoms with Gasteiger partial charge in [0.25, 0.3) is 0 Å². The molecule has 1 aliphatic heterocycles. The Bertz CT molecular complexity index is 355. The number of aromatic carboxylic acids is 1. The molecule has 0 saturated carbocycles. The van der Waals surface area contributed by atoms with Crippen LogP contribution in [0, 0.1) is 0 Å². The third-order valence-corrected chi connectivity index (χ3v) is 2.24. The molecule has 0 spiro atoms. The largest absolute Gasteiger partial charge is 0.478 e. The van der Waals surface area contributed by atoms with E-state index in [-0.39, 0.29) is 11.9 Å². The molecule has 0 amide bonds. The van der Waals surface area contributed by atoms with Crippen LogP contribution in [0.3, 0.4) is 0 Å². The van der Waals surface area contributed by atoms with Gasteiger partial charge >= 0.3 is 5.97 Å². The van der Waals surface area contributed by atoms with Crippen molar-refractivity contribution < 1.29 is 19.4 Å². The standard InChI is InChI=1S/C11H12O4/c12-11(13)8-3-1-4-9(7-8)15-10-5-2-6-14-10/h1,3-4,7,10H,2,5-6H2,(H,12,13). The number of hydrogen-bond acceptors (Lipinski definition) is 3. The first-order chi connectivity index (χ1) is 7.25. The fourth-order valence-electron chi connectivity index (χ4n) is 1.50. The highest BCUT2D eigenvalue weighted by Gasteiger charge is 2.17. The van der Waals surface area contributed by atoms with Gasteiger partial charge in [0, 0.05) is 6.42 Å². The zero-order chi connectivity index (χ0) is 10.7. The third kappa shape index (κ3) is 2.47. The molecule has 1 aromatic rings. The summed E-state index contributed by atoms with van der Waals surface area (Å²) in [4.78, 5) is 10.7. The van der Waals surface area contributed by atoms with Crippen molar-refractivity contribution in [3.05, 3.63) is 29.8 Å².